The van der Waals surface area contributed by atoms with Gasteiger partial charge in [0.25, 0.3) is 0 Å². The number of nitrogens with zero attached hydrogens (tertiary/aromatic N) is 2. The average molecular weight is 300 g/mol. The average Bonchev–Trinajstić information content (AvgIpc) is 2.39. The third kappa shape index (κ3) is 5.75. The van der Waals surface area contributed by atoms with Crippen LogP contribution in [0.1, 0.15) is 25.8 Å². The molecule has 0 heterocycles. The van der Waals surface area contributed by atoms with Crippen LogP contribution < -0.4 is 10.6 Å². The maximum atomic E-state index is 8.79. The fourth-order valence-corrected chi connectivity index (χ4v) is 2.19. The summed E-state index contributed by atoms with van der Waals surface area (Å²) in [7, 11) is 0. The zero-order valence-corrected chi connectivity index (χ0v) is 12.7. The van der Waals surface area contributed by atoms with E-state index in [1.807, 2.05) is 12.1 Å². The first-order valence-electron chi connectivity index (χ1n) is 6.69. The minimum Gasteiger partial charge on any atom is -0.490 e. The van der Waals surface area contributed by atoms with E-state index in [9.17, 15) is 0 Å². The summed E-state index contributed by atoms with van der Waals surface area (Å²) in [5.41, 5.74) is 1.06. The summed E-state index contributed by atoms with van der Waals surface area (Å²) in [6.07, 6.45) is 1.64. The second-order valence-corrected chi connectivity index (χ2v) is 5.46. The van der Waals surface area contributed by atoms with Crippen LogP contribution in [0.15, 0.2) is 28.5 Å². The molecule has 0 radical (unpaired) electrons. The van der Waals surface area contributed by atoms with Crippen molar-refractivity contribution in [2.45, 2.75) is 32.7 Å². The van der Waals surface area contributed by atoms with Crippen LogP contribution in [-0.2, 0) is 6.42 Å². The highest BCUT2D eigenvalue weighted by molar-refractivity contribution is 6.32. The Morgan fingerprint density at radius 2 is 2.15 bits per heavy atom. The lowest BCUT2D eigenvalue weighted by Gasteiger charge is -2.14. The van der Waals surface area contributed by atoms with Crippen molar-refractivity contribution in [3.63, 3.8) is 0 Å². The molecule has 1 unspecified atom stereocenters. The molecule has 0 saturated carbocycles. The van der Waals surface area contributed by atoms with Crippen LogP contribution in [0.25, 0.3) is 0 Å². The fraction of sp³-hybridized carbons (Fsp3) is 0.571. The first-order valence-corrected chi connectivity index (χ1v) is 7.06. The Morgan fingerprint density at radius 3 is 2.75 bits per heavy atom. The Hall–Kier alpha value is -1.33. The van der Waals surface area contributed by atoms with Crippen molar-refractivity contribution in [3.05, 3.63) is 28.8 Å². The number of hydrogen-bond acceptors (Lipinski definition) is 4. The van der Waals surface area contributed by atoms with Crippen molar-refractivity contribution in [3.8, 4) is 5.75 Å². The Labute approximate surface area is 124 Å². The summed E-state index contributed by atoms with van der Waals surface area (Å²) < 4.78 is 5.39. The molecule has 1 aromatic rings. The molecule has 6 heteroatoms. The maximum absolute atomic E-state index is 8.79. The molecule has 0 saturated heterocycles. The van der Waals surface area contributed by atoms with E-state index in [4.69, 9.17) is 27.3 Å². The lowest BCUT2D eigenvalue weighted by atomic mass is 9.98. The molecule has 0 aliphatic carbocycles. The minimum absolute atomic E-state index is 0.0437. The summed E-state index contributed by atoms with van der Waals surface area (Å²) >= 11 is 6.05. The molecule has 1 rings (SSSR count). The van der Waals surface area contributed by atoms with Gasteiger partial charge in [-0.1, -0.05) is 36.7 Å². The quantitative estimate of drug-likeness (QED) is 0.440. The fourth-order valence-electron chi connectivity index (χ4n) is 2.02. The van der Waals surface area contributed by atoms with Gasteiger partial charge in [-0.05, 0) is 36.5 Å². The van der Waals surface area contributed by atoms with Crippen molar-refractivity contribution in [1.82, 2.24) is 0 Å². The molecular weight excluding hydrogens is 278 g/mol. The number of ether oxygens (including phenoxy) is 1. The van der Waals surface area contributed by atoms with Gasteiger partial charge in [-0.15, -0.1) is 0 Å². The molecule has 5 nitrogen and oxygen atoms in total. The van der Waals surface area contributed by atoms with E-state index < -0.39 is 0 Å². The molecule has 0 bridgehead atoms. The summed E-state index contributed by atoms with van der Waals surface area (Å²) in [5, 5.41) is 16.8. The first-order chi connectivity index (χ1) is 9.56. The molecule has 20 heavy (non-hydrogen) atoms. The van der Waals surface area contributed by atoms with Crippen molar-refractivity contribution in [2.75, 3.05) is 13.2 Å². The van der Waals surface area contributed by atoms with Crippen LogP contribution in [-0.4, -0.2) is 24.4 Å². The Kier molecular flexibility index (Phi) is 7.33. The molecule has 3 N–H and O–H groups in total. The highest BCUT2D eigenvalue weighted by atomic mass is 35.5. The van der Waals surface area contributed by atoms with Gasteiger partial charge in [0, 0.05) is 0 Å². The van der Waals surface area contributed by atoms with Crippen LogP contribution in [0.5, 0.6) is 5.75 Å². The van der Waals surface area contributed by atoms with Crippen molar-refractivity contribution in [1.29, 1.82) is 0 Å². The number of hydrogen-bond donors (Lipinski definition) is 2. The maximum Gasteiger partial charge on any atom is 0.138 e. The van der Waals surface area contributed by atoms with Gasteiger partial charge in [0.15, 0.2) is 0 Å². The predicted molar refractivity (Wildman–Crippen MR) is 80.0 cm³/mol. The number of aliphatic hydroxyl groups is 1. The lowest BCUT2D eigenvalue weighted by molar-refractivity contribution is 0.201. The second kappa shape index (κ2) is 8.76. The van der Waals surface area contributed by atoms with Gasteiger partial charge in [-0.3, -0.25) is 0 Å². The predicted octanol–water partition coefficient (Wildman–Crippen LogP) is 2.99. The van der Waals surface area contributed by atoms with Crippen molar-refractivity contribution in [2.24, 2.45) is 22.1 Å². The monoisotopic (exact) mass is 299 g/mol. The highest BCUT2D eigenvalue weighted by Crippen LogP contribution is 2.27. The molecule has 1 atom stereocenters. The minimum atomic E-state index is -0.0437. The van der Waals surface area contributed by atoms with Crippen LogP contribution >= 0.6 is 11.6 Å². The van der Waals surface area contributed by atoms with E-state index in [1.165, 1.54) is 0 Å². The first kappa shape index (κ1) is 16.7. The van der Waals surface area contributed by atoms with E-state index in [0.717, 1.165) is 18.4 Å². The molecule has 0 aliphatic heterocycles. The number of aliphatic hydroxyl groups excluding tert-OH is 1. The Morgan fingerprint density at radius 1 is 1.40 bits per heavy atom. The topological polar surface area (TPSA) is 80.2 Å². The third-order valence-corrected chi connectivity index (χ3v) is 3.10. The molecule has 0 aliphatic rings. The third-order valence-electron chi connectivity index (χ3n) is 2.79. The van der Waals surface area contributed by atoms with Crippen LogP contribution in [0.3, 0.4) is 0 Å². The summed E-state index contributed by atoms with van der Waals surface area (Å²) in [4.78, 5) is 0. The second-order valence-electron chi connectivity index (χ2n) is 5.06. The zero-order valence-electron chi connectivity index (χ0n) is 11.9. The lowest BCUT2D eigenvalue weighted by Crippen LogP contribution is -2.12. The SMILES string of the molecule is CC(C)CC(Cc1ccc(Cl)c(OCCO)c1)N=NN. The molecular formula is C14H22ClN3O2. The summed E-state index contributed by atoms with van der Waals surface area (Å²) in [6, 6.07) is 5.65. The molecule has 0 fully saturated rings. The number of rotatable bonds is 8. The van der Waals surface area contributed by atoms with Gasteiger partial charge in [-0.25, -0.2) is 0 Å². The molecule has 0 spiro atoms. The van der Waals surface area contributed by atoms with Crippen LogP contribution in [0.2, 0.25) is 5.02 Å². The molecule has 112 valence electrons. The summed E-state index contributed by atoms with van der Waals surface area (Å²) in [6.45, 7) is 4.45. The van der Waals surface area contributed by atoms with Gasteiger partial charge in [0.1, 0.15) is 12.4 Å². The smallest absolute Gasteiger partial charge is 0.138 e. The number of halogens is 1. The van der Waals surface area contributed by atoms with E-state index >= 15 is 0 Å². The molecule has 0 amide bonds. The highest BCUT2D eigenvalue weighted by Gasteiger charge is 2.12. The largest absolute Gasteiger partial charge is 0.490 e. The van der Waals surface area contributed by atoms with Gasteiger partial charge in [-0.2, -0.15) is 5.11 Å². The Bertz CT molecular complexity index is 438. The number of nitrogens with two attached hydrogens (primary N) is 1. The van der Waals surface area contributed by atoms with Gasteiger partial charge < -0.3 is 15.7 Å². The zero-order chi connectivity index (χ0) is 15.0. The van der Waals surface area contributed by atoms with Crippen LogP contribution in [0, 0.1) is 5.92 Å². The van der Waals surface area contributed by atoms with Gasteiger partial charge >= 0.3 is 0 Å². The van der Waals surface area contributed by atoms with E-state index in [-0.39, 0.29) is 19.3 Å². The van der Waals surface area contributed by atoms with Crippen LogP contribution in [0.4, 0.5) is 0 Å². The van der Waals surface area contributed by atoms with E-state index in [2.05, 4.69) is 24.2 Å². The normalized spacial score (nSPS) is 13.1. The summed E-state index contributed by atoms with van der Waals surface area (Å²) in [5.74, 6) is 6.26. The Balaban J connectivity index is 2.79. The van der Waals surface area contributed by atoms with Gasteiger partial charge in [0.05, 0.1) is 17.7 Å². The van der Waals surface area contributed by atoms with E-state index in [0.29, 0.717) is 16.7 Å². The van der Waals surface area contributed by atoms with Crippen molar-refractivity contribution < 1.29 is 9.84 Å². The molecule has 1 aromatic carbocycles. The molecule has 0 aromatic heterocycles. The standard InChI is InChI=1S/C14H22ClN3O2/c1-10(2)7-12(17-18-16)8-11-3-4-13(15)14(9-11)20-6-5-19/h3-4,9-10,12,19H,5-8H2,1-2H3,(H2,16,17). The van der Waals surface area contributed by atoms with E-state index in [1.54, 1.807) is 6.07 Å². The van der Waals surface area contributed by atoms with Gasteiger partial charge in [0.2, 0.25) is 0 Å². The van der Waals surface area contributed by atoms with Crippen molar-refractivity contribution >= 4 is 11.6 Å². The number of benzene rings is 1.